The molecule has 1 atom stereocenters. The highest BCUT2D eigenvalue weighted by Gasteiger charge is 2.37. The molecule has 190 valence electrons. The Bertz CT molecular complexity index is 1700. The number of para-hydroxylation sites is 1. The van der Waals surface area contributed by atoms with Gasteiger partial charge in [0.1, 0.15) is 12.6 Å². The van der Waals surface area contributed by atoms with E-state index in [1.165, 1.54) is 17.0 Å². The first-order chi connectivity index (χ1) is 17.6. The van der Waals surface area contributed by atoms with Crippen molar-refractivity contribution in [3.63, 3.8) is 0 Å². The zero-order valence-electron chi connectivity index (χ0n) is 20.0. The van der Waals surface area contributed by atoms with E-state index in [4.69, 9.17) is 0 Å². The minimum Gasteiger partial charge on any atom is -0.343 e. The molecule has 37 heavy (non-hydrogen) atoms. The number of nitrogens with one attached hydrogen (secondary N) is 1. The summed E-state index contributed by atoms with van der Waals surface area (Å²) in [4.78, 5) is 39.0. The van der Waals surface area contributed by atoms with Crippen LogP contribution >= 0.6 is 0 Å². The highest BCUT2D eigenvalue weighted by Crippen LogP contribution is 2.26. The first-order valence-electron chi connectivity index (χ1n) is 11.2. The van der Waals surface area contributed by atoms with Crippen molar-refractivity contribution < 1.29 is 18.0 Å². The van der Waals surface area contributed by atoms with Gasteiger partial charge in [0.05, 0.1) is 47.0 Å². The number of aromatic nitrogens is 7. The average molecular weight is 510 g/mol. The van der Waals surface area contributed by atoms with Gasteiger partial charge in [0.25, 0.3) is 0 Å². The molecule has 1 aromatic carbocycles. The molecule has 0 bridgehead atoms. The van der Waals surface area contributed by atoms with E-state index in [1.807, 2.05) is 5.32 Å². The molecule has 1 N–H and O–H groups in total. The molecule has 0 unspecified atom stereocenters. The summed E-state index contributed by atoms with van der Waals surface area (Å²) in [6.07, 6.45) is 3.37. The van der Waals surface area contributed by atoms with Gasteiger partial charge in [-0.25, -0.2) is 14.3 Å². The number of nitrogens with zero attached hydrogens (tertiary/aromatic N) is 7. The number of pyridine rings is 1. The van der Waals surface area contributed by atoms with Crippen LogP contribution in [-0.2, 0) is 18.4 Å². The smallest absolute Gasteiger partial charge is 0.343 e. The number of halogens is 3. The van der Waals surface area contributed by atoms with E-state index in [-0.39, 0.29) is 5.82 Å². The number of hydrogen-bond donors (Lipinski definition) is 1. The quantitative estimate of drug-likeness (QED) is 0.389. The Hall–Kier alpha value is -4.55. The van der Waals surface area contributed by atoms with E-state index < -0.39 is 30.4 Å². The maximum absolute atomic E-state index is 13.4. The molecule has 0 radical (unpaired) electrons. The Labute approximate surface area is 207 Å². The molecule has 4 aromatic heterocycles. The number of benzene rings is 1. The Morgan fingerprint density at radius 3 is 2.57 bits per heavy atom. The standard InChI is InChI=1S/C24H21F3N8O2/c1-13-5-4-6-18-22(13)35(23(37)34(18)12-21(36)32-14(2)24(25,26)27)20-11-29-17(9-30-20)15-7-28-10-19-16(15)8-31-33(19)3/h4-11,14H,12H2,1-3H3,(H,32,36)/t14-/m0/s1. The van der Waals surface area contributed by atoms with Crippen molar-refractivity contribution in [3.05, 3.63) is 65.2 Å². The van der Waals surface area contributed by atoms with Gasteiger partial charge in [-0.15, -0.1) is 0 Å². The van der Waals surface area contributed by atoms with E-state index in [0.717, 1.165) is 22.4 Å². The molecular formula is C24H21F3N8O2. The highest BCUT2D eigenvalue weighted by atomic mass is 19.4. The number of fused-ring (bicyclic) bond motifs is 2. The predicted octanol–water partition coefficient (Wildman–Crippen LogP) is 2.91. The van der Waals surface area contributed by atoms with Crippen LogP contribution in [0, 0.1) is 6.92 Å². The van der Waals surface area contributed by atoms with Crippen LogP contribution in [0.3, 0.4) is 0 Å². The molecule has 10 nitrogen and oxygen atoms in total. The van der Waals surface area contributed by atoms with Crippen LogP contribution in [-0.4, -0.2) is 52.0 Å². The third-order valence-electron chi connectivity index (χ3n) is 6.14. The second-order valence-electron chi connectivity index (χ2n) is 8.63. The fraction of sp³-hybridized carbons (Fsp3) is 0.250. The Morgan fingerprint density at radius 2 is 1.86 bits per heavy atom. The highest BCUT2D eigenvalue weighted by molar-refractivity contribution is 5.92. The molecule has 0 saturated heterocycles. The second kappa shape index (κ2) is 8.84. The summed E-state index contributed by atoms with van der Waals surface area (Å²) < 4.78 is 42.8. The maximum atomic E-state index is 13.4. The van der Waals surface area contributed by atoms with Gasteiger partial charge in [0.15, 0.2) is 5.82 Å². The van der Waals surface area contributed by atoms with Crippen molar-refractivity contribution in [2.45, 2.75) is 32.6 Å². The molecular weight excluding hydrogens is 489 g/mol. The molecule has 4 heterocycles. The Balaban J connectivity index is 1.56. The number of aryl methyl sites for hydroxylation is 2. The lowest BCUT2D eigenvalue weighted by Crippen LogP contribution is -2.45. The molecule has 0 saturated carbocycles. The summed E-state index contributed by atoms with van der Waals surface area (Å²) in [5.41, 5.74) is 2.99. The van der Waals surface area contributed by atoms with Gasteiger partial charge in [-0.2, -0.15) is 18.3 Å². The molecule has 0 aliphatic heterocycles. The monoisotopic (exact) mass is 510 g/mol. The summed E-state index contributed by atoms with van der Waals surface area (Å²) in [7, 11) is 1.80. The topological polar surface area (TPSA) is 113 Å². The molecule has 5 rings (SSSR count). The van der Waals surface area contributed by atoms with Gasteiger partial charge in [0, 0.05) is 24.2 Å². The summed E-state index contributed by atoms with van der Waals surface area (Å²) in [5, 5.41) is 6.97. The molecule has 0 spiro atoms. The minimum atomic E-state index is -4.60. The Morgan fingerprint density at radius 1 is 1.08 bits per heavy atom. The van der Waals surface area contributed by atoms with Gasteiger partial charge < -0.3 is 5.32 Å². The lowest BCUT2D eigenvalue weighted by atomic mass is 10.1. The van der Waals surface area contributed by atoms with E-state index in [2.05, 4.69) is 20.1 Å². The summed E-state index contributed by atoms with van der Waals surface area (Å²) in [5.74, 6) is -0.742. The van der Waals surface area contributed by atoms with Crippen molar-refractivity contribution in [1.29, 1.82) is 0 Å². The average Bonchev–Trinajstić information content (AvgIpc) is 3.37. The number of rotatable bonds is 5. The molecule has 5 aromatic rings. The largest absolute Gasteiger partial charge is 0.408 e. The van der Waals surface area contributed by atoms with Crippen LogP contribution in [0.1, 0.15) is 12.5 Å². The van der Waals surface area contributed by atoms with Crippen LogP contribution in [0.15, 0.2) is 54.0 Å². The normalized spacial score (nSPS) is 12.8. The van der Waals surface area contributed by atoms with Crippen molar-refractivity contribution in [2.24, 2.45) is 7.05 Å². The zero-order chi connectivity index (χ0) is 26.5. The molecule has 13 heteroatoms. The molecule has 0 aliphatic carbocycles. The van der Waals surface area contributed by atoms with Crippen molar-refractivity contribution in [2.75, 3.05) is 0 Å². The van der Waals surface area contributed by atoms with Crippen LogP contribution in [0.25, 0.3) is 39.0 Å². The number of amides is 1. The summed E-state index contributed by atoms with van der Waals surface area (Å²) in [6.45, 7) is 2.03. The SMILES string of the molecule is Cc1cccc2c1n(-c1cnc(-c3cncc4c3cnn4C)cn1)c(=O)n2CC(=O)N[C@@H](C)C(F)(F)F. The number of carbonyl (C=O) groups is 1. The fourth-order valence-electron chi connectivity index (χ4n) is 4.19. The number of hydrogen-bond acceptors (Lipinski definition) is 6. The van der Waals surface area contributed by atoms with E-state index in [0.29, 0.717) is 27.9 Å². The molecule has 0 fully saturated rings. The maximum Gasteiger partial charge on any atom is 0.408 e. The van der Waals surface area contributed by atoms with Crippen molar-refractivity contribution in [1.82, 2.24) is 39.2 Å². The van der Waals surface area contributed by atoms with Crippen molar-refractivity contribution in [3.8, 4) is 17.1 Å². The van der Waals surface area contributed by atoms with Crippen LogP contribution < -0.4 is 11.0 Å². The third kappa shape index (κ3) is 4.21. The van der Waals surface area contributed by atoms with Crippen molar-refractivity contribution >= 4 is 27.8 Å². The summed E-state index contributed by atoms with van der Waals surface area (Å²) in [6, 6.07) is 3.05. The number of alkyl halides is 3. The van der Waals surface area contributed by atoms with Gasteiger partial charge in [-0.05, 0) is 25.5 Å². The van der Waals surface area contributed by atoms with Crippen LogP contribution in [0.5, 0.6) is 0 Å². The number of imidazole rings is 1. The predicted molar refractivity (Wildman–Crippen MR) is 129 cm³/mol. The van der Waals surface area contributed by atoms with Crippen LogP contribution in [0.4, 0.5) is 13.2 Å². The first kappa shape index (κ1) is 24.2. The Kier molecular flexibility index (Phi) is 5.77. The first-order valence-corrected chi connectivity index (χ1v) is 11.2. The lowest BCUT2D eigenvalue weighted by Gasteiger charge is -2.17. The van der Waals surface area contributed by atoms with Gasteiger partial charge in [-0.1, -0.05) is 12.1 Å². The van der Waals surface area contributed by atoms with Crippen LogP contribution in [0.2, 0.25) is 0 Å². The fourth-order valence-corrected chi connectivity index (χ4v) is 4.19. The van der Waals surface area contributed by atoms with E-state index >= 15 is 0 Å². The molecule has 1 amide bonds. The van der Waals surface area contributed by atoms with Gasteiger partial charge in [-0.3, -0.25) is 24.0 Å². The number of carbonyl (C=O) groups excluding carboxylic acids is 1. The summed E-state index contributed by atoms with van der Waals surface area (Å²) >= 11 is 0. The third-order valence-corrected chi connectivity index (χ3v) is 6.14. The molecule has 0 aliphatic rings. The van der Waals surface area contributed by atoms with Gasteiger partial charge in [0.2, 0.25) is 5.91 Å². The van der Waals surface area contributed by atoms with E-state index in [9.17, 15) is 22.8 Å². The van der Waals surface area contributed by atoms with Gasteiger partial charge >= 0.3 is 11.9 Å². The van der Waals surface area contributed by atoms with E-state index in [1.54, 1.807) is 55.4 Å². The lowest BCUT2D eigenvalue weighted by molar-refractivity contribution is -0.158. The zero-order valence-corrected chi connectivity index (χ0v) is 20.0. The second-order valence-corrected chi connectivity index (χ2v) is 8.63. The minimum absolute atomic E-state index is 0.196.